The number of rotatable bonds is 7. The molecule has 0 unspecified atom stereocenters. The number of nitrogens with zero attached hydrogens (tertiary/aromatic N) is 2. The summed E-state index contributed by atoms with van der Waals surface area (Å²) in [6.45, 7) is 7.79. The zero-order valence-corrected chi connectivity index (χ0v) is 23.7. The van der Waals surface area contributed by atoms with Crippen molar-refractivity contribution < 1.29 is 23.8 Å². The minimum atomic E-state index is -0.990. The zero-order valence-electron chi connectivity index (χ0n) is 23.7. The molecular formula is C32H43FN2O4. The first-order chi connectivity index (χ1) is 18.5. The fraction of sp³-hybridized carbons (Fsp3) is 0.562. The summed E-state index contributed by atoms with van der Waals surface area (Å²) in [7, 11) is 0. The summed E-state index contributed by atoms with van der Waals surface area (Å²) in [4.78, 5) is 29.6. The highest BCUT2D eigenvalue weighted by molar-refractivity contribution is 5.73. The third-order valence-corrected chi connectivity index (χ3v) is 8.17. The van der Waals surface area contributed by atoms with Gasteiger partial charge >= 0.3 is 6.09 Å². The molecule has 1 saturated heterocycles. The number of ether oxygens (including phenoxy) is 1. The Labute approximate surface area is 232 Å². The van der Waals surface area contributed by atoms with Crippen molar-refractivity contribution in [1.29, 1.82) is 0 Å². The number of carbonyl (C=O) groups excluding carboxylic acids is 2. The smallest absolute Gasteiger partial charge is 0.410 e. The minimum Gasteiger partial charge on any atom is -0.444 e. The summed E-state index contributed by atoms with van der Waals surface area (Å²) in [5.74, 6) is 0.115. The molecule has 1 saturated carbocycles. The van der Waals surface area contributed by atoms with Crippen molar-refractivity contribution in [2.75, 3.05) is 0 Å². The third-order valence-electron chi connectivity index (χ3n) is 8.17. The van der Waals surface area contributed by atoms with Crippen LogP contribution in [0.15, 0.2) is 54.6 Å². The molecule has 0 aromatic heterocycles. The maximum absolute atomic E-state index is 13.9. The van der Waals surface area contributed by atoms with E-state index in [4.69, 9.17) is 4.74 Å². The van der Waals surface area contributed by atoms with Gasteiger partial charge < -0.3 is 14.7 Å². The van der Waals surface area contributed by atoms with Gasteiger partial charge in [-0.05, 0) is 94.9 Å². The van der Waals surface area contributed by atoms with Gasteiger partial charge in [0.25, 0.3) is 0 Å². The summed E-state index contributed by atoms with van der Waals surface area (Å²) in [6, 6.07) is 15.8. The molecule has 1 heterocycles. The number of likely N-dealkylation sites (tertiary alicyclic amines) is 1. The first-order valence-corrected chi connectivity index (χ1v) is 14.3. The Morgan fingerprint density at radius 3 is 2.33 bits per heavy atom. The summed E-state index contributed by atoms with van der Waals surface area (Å²) in [5, 5.41) is 11.2. The van der Waals surface area contributed by atoms with Gasteiger partial charge in [0.1, 0.15) is 11.4 Å². The average Bonchev–Trinajstić information content (AvgIpc) is 3.30. The molecule has 0 radical (unpaired) electrons. The lowest BCUT2D eigenvalue weighted by Crippen LogP contribution is -2.47. The predicted octanol–water partition coefficient (Wildman–Crippen LogP) is 6.62. The number of hydrogen-bond acceptors (Lipinski definition) is 4. The topological polar surface area (TPSA) is 70.1 Å². The van der Waals surface area contributed by atoms with Crippen LogP contribution in [0.2, 0.25) is 0 Å². The molecule has 4 rings (SSSR count). The van der Waals surface area contributed by atoms with Crippen LogP contribution < -0.4 is 0 Å². The van der Waals surface area contributed by atoms with Crippen molar-refractivity contribution in [3.05, 3.63) is 71.5 Å². The monoisotopic (exact) mass is 538 g/mol. The Hall–Kier alpha value is -2.93. The maximum atomic E-state index is 13.9. The van der Waals surface area contributed by atoms with Gasteiger partial charge in [-0.15, -0.1) is 0 Å². The van der Waals surface area contributed by atoms with E-state index in [1.54, 1.807) is 24.0 Å². The van der Waals surface area contributed by atoms with Crippen LogP contribution in [0.1, 0.15) is 89.9 Å². The molecule has 1 aliphatic heterocycles. The Bertz CT molecular complexity index is 1110. The van der Waals surface area contributed by atoms with Gasteiger partial charge in [0.05, 0.1) is 12.1 Å². The fourth-order valence-corrected chi connectivity index (χ4v) is 6.32. The van der Waals surface area contributed by atoms with Crippen molar-refractivity contribution in [2.24, 2.45) is 5.92 Å². The number of hydrogen-bond donors (Lipinski definition) is 1. The predicted molar refractivity (Wildman–Crippen MR) is 149 cm³/mol. The van der Waals surface area contributed by atoms with E-state index in [2.05, 4.69) is 12.1 Å². The number of amides is 2. The molecule has 2 fully saturated rings. The second-order valence-electron chi connectivity index (χ2n) is 12.2. The third kappa shape index (κ3) is 7.59. The molecule has 2 amide bonds. The van der Waals surface area contributed by atoms with E-state index in [9.17, 15) is 19.1 Å². The summed E-state index contributed by atoms with van der Waals surface area (Å²) in [5.41, 5.74) is 0.945. The first kappa shape index (κ1) is 29.1. The zero-order chi connectivity index (χ0) is 28.2. The fourth-order valence-electron chi connectivity index (χ4n) is 6.32. The minimum absolute atomic E-state index is 0.0529. The van der Waals surface area contributed by atoms with Gasteiger partial charge in [-0.1, -0.05) is 42.5 Å². The summed E-state index contributed by atoms with van der Waals surface area (Å²) < 4.78 is 19.7. The largest absolute Gasteiger partial charge is 0.444 e. The van der Waals surface area contributed by atoms with Crippen LogP contribution >= 0.6 is 0 Å². The molecule has 7 heteroatoms. The Morgan fingerprint density at radius 2 is 1.72 bits per heavy atom. The molecule has 1 N–H and O–H groups in total. The molecular weight excluding hydrogens is 495 g/mol. The van der Waals surface area contributed by atoms with Gasteiger partial charge in [0, 0.05) is 25.6 Å². The maximum Gasteiger partial charge on any atom is 0.410 e. The van der Waals surface area contributed by atoms with Crippen molar-refractivity contribution in [3.8, 4) is 0 Å². The van der Waals surface area contributed by atoms with Gasteiger partial charge in [0.2, 0.25) is 5.91 Å². The van der Waals surface area contributed by atoms with Crippen LogP contribution in [0.5, 0.6) is 0 Å². The quantitative estimate of drug-likeness (QED) is 0.430. The van der Waals surface area contributed by atoms with E-state index >= 15 is 0 Å². The molecule has 2 aliphatic rings. The molecule has 0 bridgehead atoms. The number of halogens is 1. The normalized spacial score (nSPS) is 24.3. The highest BCUT2D eigenvalue weighted by atomic mass is 19.1. The van der Waals surface area contributed by atoms with Crippen LogP contribution in [-0.2, 0) is 16.1 Å². The molecule has 212 valence electrons. The van der Waals surface area contributed by atoms with E-state index in [1.807, 2.05) is 43.9 Å². The lowest BCUT2D eigenvalue weighted by Gasteiger charge is -2.39. The van der Waals surface area contributed by atoms with Crippen molar-refractivity contribution >= 4 is 12.0 Å². The second kappa shape index (κ2) is 12.5. The van der Waals surface area contributed by atoms with E-state index < -0.39 is 29.7 Å². The van der Waals surface area contributed by atoms with Crippen molar-refractivity contribution in [2.45, 2.75) is 109 Å². The van der Waals surface area contributed by atoms with Gasteiger partial charge in [0.15, 0.2) is 0 Å². The highest BCUT2D eigenvalue weighted by Gasteiger charge is 2.44. The number of benzene rings is 2. The molecule has 3 atom stereocenters. The molecule has 39 heavy (non-hydrogen) atoms. The SMILES string of the molecule is CC(=O)N(Cc1ccccc1)C1CCC(C[C@@H]2CC[C@H]([C@@H](O)c3cccc(F)c3)N2C(=O)OC(C)(C)C)CC1. The molecule has 0 spiro atoms. The van der Waals surface area contributed by atoms with Gasteiger partial charge in [-0.3, -0.25) is 9.69 Å². The van der Waals surface area contributed by atoms with E-state index in [0.29, 0.717) is 24.4 Å². The van der Waals surface area contributed by atoms with Crippen LogP contribution in [0.4, 0.5) is 9.18 Å². The Balaban J connectivity index is 1.42. The van der Waals surface area contributed by atoms with E-state index in [0.717, 1.165) is 44.1 Å². The van der Waals surface area contributed by atoms with Gasteiger partial charge in [-0.2, -0.15) is 0 Å². The standard InChI is InChI=1S/C32H43FN2O4/c1-22(36)34(21-24-9-6-5-7-10-24)27-15-13-23(14-16-27)19-28-17-18-29(35(28)31(38)39-32(2,3)4)30(37)25-11-8-12-26(33)20-25/h5-12,20,23,27-30,37H,13-19,21H2,1-4H3/t23?,27?,28-,29+,30-/m0/s1. The van der Waals surface area contributed by atoms with Crippen molar-refractivity contribution in [1.82, 2.24) is 9.80 Å². The molecule has 6 nitrogen and oxygen atoms in total. The number of aliphatic hydroxyl groups excluding tert-OH is 1. The number of carbonyl (C=O) groups is 2. The average molecular weight is 539 g/mol. The van der Waals surface area contributed by atoms with Crippen LogP contribution in [0.3, 0.4) is 0 Å². The van der Waals surface area contributed by atoms with Crippen LogP contribution in [0.25, 0.3) is 0 Å². The van der Waals surface area contributed by atoms with Crippen LogP contribution in [-0.4, -0.2) is 50.6 Å². The number of aliphatic hydroxyl groups is 1. The van der Waals surface area contributed by atoms with E-state index in [-0.39, 0.29) is 18.0 Å². The lowest BCUT2D eigenvalue weighted by molar-refractivity contribution is -0.132. The lowest BCUT2D eigenvalue weighted by atomic mass is 9.81. The van der Waals surface area contributed by atoms with Crippen molar-refractivity contribution in [3.63, 3.8) is 0 Å². The highest BCUT2D eigenvalue weighted by Crippen LogP contribution is 2.40. The Kier molecular flexibility index (Phi) is 9.31. The summed E-state index contributed by atoms with van der Waals surface area (Å²) >= 11 is 0. The van der Waals surface area contributed by atoms with Crippen LogP contribution in [0, 0.1) is 11.7 Å². The second-order valence-corrected chi connectivity index (χ2v) is 12.2. The first-order valence-electron chi connectivity index (χ1n) is 14.3. The summed E-state index contributed by atoms with van der Waals surface area (Å²) in [6.07, 6.45) is 4.66. The molecule has 2 aromatic carbocycles. The van der Waals surface area contributed by atoms with Gasteiger partial charge in [-0.25, -0.2) is 9.18 Å². The molecule has 1 aliphatic carbocycles. The molecule has 2 aromatic rings. The van der Waals surface area contributed by atoms with E-state index in [1.165, 1.54) is 12.1 Å². The Morgan fingerprint density at radius 1 is 1.03 bits per heavy atom.